The highest BCUT2D eigenvalue weighted by Gasteiger charge is 2.20. The number of aryl methyl sites for hydroxylation is 1. The number of halogens is 3. The molecule has 3 rings (SSSR count). The molecule has 0 unspecified atom stereocenters. The van der Waals surface area contributed by atoms with E-state index in [1.54, 1.807) is 0 Å². The summed E-state index contributed by atoms with van der Waals surface area (Å²) in [6.45, 7) is 1.75. The molecule has 1 saturated heterocycles. The van der Waals surface area contributed by atoms with E-state index in [0.29, 0.717) is 23.6 Å². The second-order valence-electron chi connectivity index (χ2n) is 5.05. The van der Waals surface area contributed by atoms with Crippen LogP contribution in [0.5, 0.6) is 0 Å². The van der Waals surface area contributed by atoms with E-state index >= 15 is 0 Å². The van der Waals surface area contributed by atoms with E-state index in [2.05, 4.69) is 9.99 Å². The lowest BCUT2D eigenvalue weighted by Crippen LogP contribution is -2.40. The van der Waals surface area contributed by atoms with Gasteiger partial charge in [-0.05, 0) is 19.3 Å². The molecule has 0 radical (unpaired) electrons. The normalized spacial score (nSPS) is 16.1. The topological polar surface area (TPSA) is 21.1 Å². The van der Waals surface area contributed by atoms with Gasteiger partial charge in [-0.3, -0.25) is 0 Å². The average molecular weight is 300 g/mol. The third kappa shape index (κ3) is 2.35. The van der Waals surface area contributed by atoms with Crippen molar-refractivity contribution < 1.29 is 8.78 Å². The predicted octanol–water partition coefficient (Wildman–Crippen LogP) is 3.22. The van der Waals surface area contributed by atoms with Gasteiger partial charge in [-0.25, -0.2) is 18.4 Å². The molecule has 108 valence electrons. The molecular formula is C14H16ClF2N3. The third-order valence-electron chi connectivity index (χ3n) is 3.65. The number of alkyl halides is 1. The first kappa shape index (κ1) is 13.6. The van der Waals surface area contributed by atoms with Crippen molar-refractivity contribution in [2.45, 2.75) is 25.7 Å². The molecule has 0 bridgehead atoms. The molecule has 1 aliphatic heterocycles. The maximum Gasteiger partial charge on any atom is 0.154 e. The lowest BCUT2D eigenvalue weighted by atomic mass is 10.2. The maximum atomic E-state index is 13.9. The molecular weight excluding hydrogens is 284 g/mol. The van der Waals surface area contributed by atoms with Gasteiger partial charge < -0.3 is 5.01 Å². The Bertz CT molecular complexity index is 620. The van der Waals surface area contributed by atoms with Crippen LogP contribution in [0.4, 0.5) is 8.78 Å². The van der Waals surface area contributed by atoms with Gasteiger partial charge >= 0.3 is 0 Å². The Hall–Kier alpha value is -1.36. The number of nitrogens with zero attached hydrogens (tertiary/aromatic N) is 3. The Labute approximate surface area is 121 Å². The molecule has 0 aliphatic carbocycles. The largest absolute Gasteiger partial charge is 0.311 e. The minimum atomic E-state index is -0.619. The first-order chi connectivity index (χ1) is 9.70. The average Bonchev–Trinajstić information content (AvgIpc) is 2.79. The molecule has 0 atom stereocenters. The number of hydrogen-bond donors (Lipinski definition) is 0. The van der Waals surface area contributed by atoms with Gasteiger partial charge in [0.2, 0.25) is 0 Å². The number of benzene rings is 1. The van der Waals surface area contributed by atoms with Crippen molar-refractivity contribution >= 4 is 22.6 Å². The van der Waals surface area contributed by atoms with Crippen molar-refractivity contribution in [2.24, 2.45) is 0 Å². The lowest BCUT2D eigenvalue weighted by molar-refractivity contribution is 0.476. The molecule has 1 aromatic carbocycles. The summed E-state index contributed by atoms with van der Waals surface area (Å²) in [7, 11) is 0. The second-order valence-corrected chi connectivity index (χ2v) is 5.43. The van der Waals surface area contributed by atoms with Gasteiger partial charge in [0.05, 0.1) is 5.52 Å². The highest BCUT2D eigenvalue weighted by atomic mass is 35.5. The smallest absolute Gasteiger partial charge is 0.154 e. The summed E-state index contributed by atoms with van der Waals surface area (Å²) in [5.74, 6) is -0.0973. The Kier molecular flexibility index (Phi) is 3.78. The van der Waals surface area contributed by atoms with Gasteiger partial charge in [0, 0.05) is 37.5 Å². The van der Waals surface area contributed by atoms with E-state index in [0.717, 1.165) is 32.0 Å². The van der Waals surface area contributed by atoms with E-state index in [1.807, 2.05) is 4.68 Å². The Morgan fingerprint density at radius 3 is 2.60 bits per heavy atom. The van der Waals surface area contributed by atoms with Gasteiger partial charge in [-0.15, -0.1) is 11.6 Å². The minimum absolute atomic E-state index is 0.220. The van der Waals surface area contributed by atoms with Crippen molar-refractivity contribution in [3.05, 3.63) is 29.6 Å². The van der Waals surface area contributed by atoms with Crippen LogP contribution in [0.25, 0.3) is 11.0 Å². The summed E-state index contributed by atoms with van der Waals surface area (Å²) in [5, 5.41) is 2.11. The zero-order chi connectivity index (χ0) is 14.1. The van der Waals surface area contributed by atoms with Crippen molar-refractivity contribution in [1.29, 1.82) is 0 Å². The van der Waals surface area contributed by atoms with Gasteiger partial charge in [0.1, 0.15) is 17.2 Å². The van der Waals surface area contributed by atoms with Crippen LogP contribution in [0.3, 0.4) is 0 Å². The Morgan fingerprint density at radius 1 is 1.15 bits per heavy atom. The summed E-state index contributed by atoms with van der Waals surface area (Å²) in [6, 6.07) is 2.22. The number of piperidine rings is 1. The highest BCUT2D eigenvalue weighted by Crippen LogP contribution is 2.23. The molecule has 0 spiro atoms. The number of rotatable bonds is 3. The molecule has 20 heavy (non-hydrogen) atoms. The lowest BCUT2D eigenvalue weighted by Gasteiger charge is -2.31. The Morgan fingerprint density at radius 2 is 1.90 bits per heavy atom. The van der Waals surface area contributed by atoms with E-state index in [4.69, 9.17) is 11.6 Å². The second kappa shape index (κ2) is 5.56. The molecule has 1 aliphatic rings. The minimum Gasteiger partial charge on any atom is -0.311 e. The fraction of sp³-hybridized carbons (Fsp3) is 0.500. The summed E-state index contributed by atoms with van der Waals surface area (Å²) in [4.78, 5) is 4.31. The molecule has 2 heterocycles. The van der Waals surface area contributed by atoms with E-state index in [-0.39, 0.29) is 5.52 Å². The van der Waals surface area contributed by atoms with Crippen molar-refractivity contribution in [2.75, 3.05) is 24.0 Å². The molecule has 0 saturated carbocycles. The SMILES string of the molecule is Fc1cc(F)c2nc(CCCl)n(N3CCCCC3)c2c1. The van der Waals surface area contributed by atoms with Gasteiger partial charge in [-0.2, -0.15) is 0 Å². The standard InChI is InChI=1S/C14H16ClF2N3/c15-5-4-13-18-14-11(17)8-10(16)9-12(14)20(13)19-6-2-1-3-7-19/h8-9H,1-7H2. The van der Waals surface area contributed by atoms with Crippen molar-refractivity contribution in [3.8, 4) is 0 Å². The van der Waals surface area contributed by atoms with Crippen LogP contribution in [0.15, 0.2) is 12.1 Å². The van der Waals surface area contributed by atoms with E-state index < -0.39 is 11.6 Å². The monoisotopic (exact) mass is 299 g/mol. The quantitative estimate of drug-likeness (QED) is 0.812. The van der Waals surface area contributed by atoms with Crippen molar-refractivity contribution in [3.63, 3.8) is 0 Å². The van der Waals surface area contributed by atoms with Gasteiger partial charge in [-0.1, -0.05) is 0 Å². The zero-order valence-corrected chi connectivity index (χ0v) is 11.8. The molecule has 2 aromatic rings. The molecule has 6 heteroatoms. The fourth-order valence-corrected chi connectivity index (χ4v) is 2.95. The van der Waals surface area contributed by atoms with Crippen LogP contribution in [-0.4, -0.2) is 28.6 Å². The fourth-order valence-electron chi connectivity index (χ4n) is 2.78. The summed E-state index contributed by atoms with van der Waals surface area (Å²) >= 11 is 5.81. The molecule has 3 nitrogen and oxygen atoms in total. The summed E-state index contributed by atoms with van der Waals surface area (Å²) in [5.41, 5.74) is 0.710. The molecule has 1 fully saturated rings. The maximum absolute atomic E-state index is 13.9. The summed E-state index contributed by atoms with van der Waals surface area (Å²) in [6.07, 6.45) is 3.89. The predicted molar refractivity (Wildman–Crippen MR) is 75.9 cm³/mol. The molecule has 0 N–H and O–H groups in total. The van der Waals surface area contributed by atoms with E-state index in [9.17, 15) is 8.78 Å². The Balaban J connectivity index is 2.17. The van der Waals surface area contributed by atoms with Crippen LogP contribution in [-0.2, 0) is 6.42 Å². The van der Waals surface area contributed by atoms with Crippen LogP contribution >= 0.6 is 11.6 Å². The van der Waals surface area contributed by atoms with Gasteiger partial charge in [0.25, 0.3) is 0 Å². The number of fused-ring (bicyclic) bond motifs is 1. The first-order valence-corrected chi connectivity index (χ1v) is 7.41. The molecule has 1 aromatic heterocycles. The number of hydrogen-bond acceptors (Lipinski definition) is 2. The number of aromatic nitrogens is 2. The van der Waals surface area contributed by atoms with Crippen LogP contribution in [0, 0.1) is 11.6 Å². The zero-order valence-electron chi connectivity index (χ0n) is 11.1. The van der Waals surface area contributed by atoms with Gasteiger partial charge in [0.15, 0.2) is 5.82 Å². The first-order valence-electron chi connectivity index (χ1n) is 6.88. The highest BCUT2D eigenvalue weighted by molar-refractivity contribution is 6.17. The number of imidazole rings is 1. The van der Waals surface area contributed by atoms with Crippen LogP contribution in [0.2, 0.25) is 0 Å². The summed E-state index contributed by atoms with van der Waals surface area (Å²) < 4.78 is 29.2. The molecule has 0 amide bonds. The van der Waals surface area contributed by atoms with Crippen molar-refractivity contribution in [1.82, 2.24) is 9.66 Å². The third-order valence-corrected chi connectivity index (χ3v) is 3.84. The van der Waals surface area contributed by atoms with Crippen LogP contribution in [0.1, 0.15) is 25.1 Å². The van der Waals surface area contributed by atoms with E-state index in [1.165, 1.54) is 12.5 Å². The van der Waals surface area contributed by atoms with Crippen LogP contribution < -0.4 is 5.01 Å².